The van der Waals surface area contributed by atoms with Gasteiger partial charge in [-0.25, -0.2) is 9.78 Å². The van der Waals surface area contributed by atoms with Crippen LogP contribution in [-0.2, 0) is 4.74 Å². The minimum absolute atomic E-state index is 0.0727. The van der Waals surface area contributed by atoms with Crippen molar-refractivity contribution < 1.29 is 28.3 Å². The summed E-state index contributed by atoms with van der Waals surface area (Å²) in [5.74, 6) is 0.635. The first-order chi connectivity index (χ1) is 14.5. The Labute approximate surface area is 175 Å². The van der Waals surface area contributed by atoms with Crippen LogP contribution < -0.4 is 14.8 Å². The number of carbonyl (C=O) groups is 2. The van der Waals surface area contributed by atoms with Crippen molar-refractivity contribution in [2.75, 3.05) is 25.1 Å². The molecule has 0 saturated heterocycles. The molecule has 0 bridgehead atoms. The summed E-state index contributed by atoms with van der Waals surface area (Å²) in [7, 11) is 0. The van der Waals surface area contributed by atoms with Gasteiger partial charge in [-0.15, -0.1) is 0 Å². The largest absolute Gasteiger partial charge is 0.486 e. The van der Waals surface area contributed by atoms with Gasteiger partial charge in [0.2, 0.25) is 0 Å². The second kappa shape index (κ2) is 8.37. The van der Waals surface area contributed by atoms with Gasteiger partial charge in [0.25, 0.3) is 5.91 Å². The van der Waals surface area contributed by atoms with Crippen LogP contribution >= 0.6 is 11.3 Å². The van der Waals surface area contributed by atoms with Crippen LogP contribution in [0.4, 0.5) is 5.13 Å². The standard InChI is InChI=1S/C20H17N3O6S/c1-3-6-28-19(25)17-11(2)21-20(30-17)22-18(24)13-10-15(29-23-13)12-4-5-14-16(9-12)27-8-7-26-14/h3-5,9-10H,1,6-8H2,2H3,(H,21,22,24). The normalized spacial score (nSPS) is 12.3. The van der Waals surface area contributed by atoms with Crippen LogP contribution in [-0.4, -0.2) is 41.8 Å². The predicted molar refractivity (Wildman–Crippen MR) is 108 cm³/mol. The van der Waals surface area contributed by atoms with Crippen molar-refractivity contribution in [2.45, 2.75) is 6.92 Å². The van der Waals surface area contributed by atoms with E-state index in [4.69, 9.17) is 18.7 Å². The smallest absolute Gasteiger partial charge is 0.350 e. The number of aryl methyl sites for hydroxylation is 1. The molecule has 1 aromatic carbocycles. The van der Waals surface area contributed by atoms with Gasteiger partial charge >= 0.3 is 5.97 Å². The van der Waals surface area contributed by atoms with Crippen molar-refractivity contribution >= 4 is 28.3 Å². The van der Waals surface area contributed by atoms with Crippen molar-refractivity contribution in [3.05, 3.63) is 53.2 Å². The summed E-state index contributed by atoms with van der Waals surface area (Å²) in [6.45, 7) is 6.22. The molecular formula is C20H17N3O6S. The van der Waals surface area contributed by atoms with Gasteiger partial charge in [0.1, 0.15) is 24.7 Å². The van der Waals surface area contributed by atoms with E-state index in [2.05, 4.69) is 22.0 Å². The molecule has 154 valence electrons. The highest BCUT2D eigenvalue weighted by molar-refractivity contribution is 7.17. The third kappa shape index (κ3) is 4.03. The fourth-order valence-corrected chi connectivity index (χ4v) is 3.57. The number of nitrogens with zero attached hydrogens (tertiary/aromatic N) is 2. The molecule has 0 atom stereocenters. The van der Waals surface area contributed by atoms with Crippen molar-refractivity contribution in [2.24, 2.45) is 0 Å². The SMILES string of the molecule is C=CCOC(=O)c1sc(NC(=O)c2cc(-c3ccc4c(c3)OCCO4)on2)nc1C. The molecule has 3 aromatic rings. The summed E-state index contributed by atoms with van der Waals surface area (Å²) < 4.78 is 21.4. The van der Waals surface area contributed by atoms with Gasteiger partial charge in [-0.05, 0) is 25.1 Å². The van der Waals surface area contributed by atoms with Gasteiger partial charge < -0.3 is 18.7 Å². The molecule has 1 aliphatic heterocycles. The highest BCUT2D eigenvalue weighted by Gasteiger charge is 2.21. The van der Waals surface area contributed by atoms with Gasteiger partial charge in [0.15, 0.2) is 28.1 Å². The number of carbonyl (C=O) groups excluding carboxylic acids is 2. The summed E-state index contributed by atoms with van der Waals surface area (Å²) in [5, 5.41) is 6.70. The molecule has 30 heavy (non-hydrogen) atoms. The number of aromatic nitrogens is 2. The van der Waals surface area contributed by atoms with E-state index >= 15 is 0 Å². The van der Waals surface area contributed by atoms with E-state index in [1.54, 1.807) is 25.1 Å². The van der Waals surface area contributed by atoms with E-state index in [-0.39, 0.29) is 17.4 Å². The average molecular weight is 427 g/mol. The van der Waals surface area contributed by atoms with Crippen molar-refractivity contribution in [3.8, 4) is 22.8 Å². The summed E-state index contributed by atoms with van der Waals surface area (Å²) >= 11 is 1.02. The lowest BCUT2D eigenvalue weighted by Gasteiger charge is -2.18. The van der Waals surface area contributed by atoms with Crippen LogP contribution in [0.3, 0.4) is 0 Å². The number of esters is 1. The predicted octanol–water partition coefficient (Wildman–Crippen LogP) is 3.47. The number of amides is 1. The van der Waals surface area contributed by atoms with Gasteiger partial charge in [-0.3, -0.25) is 10.1 Å². The Hall–Kier alpha value is -3.66. The molecule has 1 N–H and O–H groups in total. The molecule has 0 unspecified atom stereocenters. The monoisotopic (exact) mass is 427 g/mol. The third-order valence-corrected chi connectivity index (χ3v) is 5.16. The van der Waals surface area contributed by atoms with Gasteiger partial charge in [-0.2, -0.15) is 0 Å². The number of rotatable bonds is 6. The molecule has 9 nitrogen and oxygen atoms in total. The van der Waals surface area contributed by atoms with Crippen molar-refractivity contribution in [1.29, 1.82) is 0 Å². The number of hydrogen-bond acceptors (Lipinski definition) is 9. The zero-order chi connectivity index (χ0) is 21.1. The molecule has 3 heterocycles. The molecule has 0 saturated carbocycles. The van der Waals surface area contributed by atoms with E-state index < -0.39 is 11.9 Å². The molecule has 0 radical (unpaired) electrons. The number of anilines is 1. The molecule has 1 amide bonds. The van der Waals surface area contributed by atoms with Crippen molar-refractivity contribution in [3.63, 3.8) is 0 Å². The lowest BCUT2D eigenvalue weighted by Crippen LogP contribution is -2.15. The van der Waals surface area contributed by atoms with Crippen LogP contribution in [0.5, 0.6) is 11.5 Å². The summed E-state index contributed by atoms with van der Waals surface area (Å²) in [4.78, 5) is 29.0. The van der Waals surface area contributed by atoms with Crippen LogP contribution in [0, 0.1) is 6.92 Å². The number of hydrogen-bond donors (Lipinski definition) is 1. The molecular weight excluding hydrogens is 410 g/mol. The van der Waals surface area contributed by atoms with Crippen LogP contribution in [0.2, 0.25) is 0 Å². The zero-order valence-electron chi connectivity index (χ0n) is 16.0. The van der Waals surface area contributed by atoms with Crippen LogP contribution in [0.1, 0.15) is 25.9 Å². The van der Waals surface area contributed by atoms with E-state index in [0.29, 0.717) is 46.6 Å². The van der Waals surface area contributed by atoms with E-state index in [0.717, 1.165) is 11.3 Å². The fourth-order valence-electron chi connectivity index (χ4n) is 2.72. The lowest BCUT2D eigenvalue weighted by atomic mass is 10.1. The molecule has 0 fully saturated rings. The van der Waals surface area contributed by atoms with Crippen molar-refractivity contribution in [1.82, 2.24) is 10.1 Å². The van der Waals surface area contributed by atoms with E-state index in [9.17, 15) is 9.59 Å². The number of nitrogens with one attached hydrogen (secondary N) is 1. The topological polar surface area (TPSA) is 113 Å². The number of benzene rings is 1. The quantitative estimate of drug-likeness (QED) is 0.470. The highest BCUT2D eigenvalue weighted by atomic mass is 32.1. The van der Waals surface area contributed by atoms with Crippen LogP contribution in [0.15, 0.2) is 41.4 Å². The Balaban J connectivity index is 1.47. The minimum atomic E-state index is -0.521. The summed E-state index contributed by atoms with van der Waals surface area (Å²) in [6.07, 6.45) is 1.47. The molecule has 2 aromatic heterocycles. The van der Waals surface area contributed by atoms with E-state index in [1.165, 1.54) is 12.1 Å². The Bertz CT molecular complexity index is 1120. The Kier molecular flexibility index (Phi) is 5.48. The summed E-state index contributed by atoms with van der Waals surface area (Å²) in [5.41, 5.74) is 1.23. The molecule has 4 rings (SSSR count). The molecule has 1 aliphatic rings. The maximum atomic E-state index is 12.5. The number of ether oxygens (including phenoxy) is 3. The van der Waals surface area contributed by atoms with Gasteiger partial charge in [0.05, 0.1) is 5.69 Å². The van der Waals surface area contributed by atoms with E-state index in [1.807, 2.05) is 0 Å². The maximum absolute atomic E-state index is 12.5. The fraction of sp³-hybridized carbons (Fsp3) is 0.200. The third-order valence-electron chi connectivity index (χ3n) is 4.10. The van der Waals surface area contributed by atoms with Gasteiger partial charge in [-0.1, -0.05) is 29.1 Å². The van der Waals surface area contributed by atoms with Crippen LogP contribution in [0.25, 0.3) is 11.3 Å². The zero-order valence-corrected chi connectivity index (χ0v) is 16.8. The lowest BCUT2D eigenvalue weighted by molar-refractivity contribution is 0.0554. The van der Waals surface area contributed by atoms with Gasteiger partial charge in [0, 0.05) is 11.6 Å². The Morgan fingerprint density at radius 2 is 2.07 bits per heavy atom. The molecule has 10 heteroatoms. The molecule has 0 aliphatic carbocycles. The highest BCUT2D eigenvalue weighted by Crippen LogP contribution is 2.34. The first kappa shape index (κ1) is 19.6. The maximum Gasteiger partial charge on any atom is 0.350 e. The summed E-state index contributed by atoms with van der Waals surface area (Å²) in [6, 6.07) is 6.85. The second-order valence-corrected chi connectivity index (χ2v) is 7.21. The minimum Gasteiger partial charge on any atom is -0.486 e. The number of fused-ring (bicyclic) bond motifs is 1. The molecule has 0 spiro atoms. The first-order valence-electron chi connectivity index (χ1n) is 8.98. The average Bonchev–Trinajstić information content (AvgIpc) is 3.39. The second-order valence-electron chi connectivity index (χ2n) is 6.21. The number of thiazole rings is 1. The Morgan fingerprint density at radius 1 is 1.27 bits per heavy atom. The Morgan fingerprint density at radius 3 is 2.87 bits per heavy atom. The first-order valence-corrected chi connectivity index (χ1v) is 9.80.